The SMILES string of the molecule is CCOC(=O)N(CC(COc1cccc2[nH]ccc12)O[Si](C)(C)C)C(C)C. The van der Waals surface area contributed by atoms with Crippen molar-refractivity contribution in [2.75, 3.05) is 19.8 Å². The monoisotopic (exact) mass is 392 g/mol. The lowest BCUT2D eigenvalue weighted by molar-refractivity contribution is 0.0522. The lowest BCUT2D eigenvalue weighted by atomic mass is 10.2. The van der Waals surface area contributed by atoms with Gasteiger partial charge in [-0.15, -0.1) is 0 Å². The van der Waals surface area contributed by atoms with Crippen molar-refractivity contribution in [3.8, 4) is 5.75 Å². The molecule has 0 spiro atoms. The molecule has 0 aliphatic rings. The van der Waals surface area contributed by atoms with Gasteiger partial charge in [-0.3, -0.25) is 0 Å². The Balaban J connectivity index is 2.13. The number of benzene rings is 1. The van der Waals surface area contributed by atoms with Gasteiger partial charge in [0.25, 0.3) is 0 Å². The first-order valence-electron chi connectivity index (χ1n) is 9.51. The molecule has 27 heavy (non-hydrogen) atoms. The summed E-state index contributed by atoms with van der Waals surface area (Å²) < 4.78 is 17.6. The van der Waals surface area contributed by atoms with Crippen LogP contribution in [0.3, 0.4) is 0 Å². The van der Waals surface area contributed by atoms with Crippen LogP contribution in [0.5, 0.6) is 5.75 Å². The Morgan fingerprint density at radius 1 is 1.22 bits per heavy atom. The number of nitrogens with one attached hydrogen (secondary N) is 1. The van der Waals surface area contributed by atoms with Gasteiger partial charge in [-0.2, -0.15) is 0 Å². The molecule has 1 heterocycles. The molecule has 150 valence electrons. The highest BCUT2D eigenvalue weighted by molar-refractivity contribution is 6.69. The second-order valence-electron chi connectivity index (χ2n) is 7.80. The smallest absolute Gasteiger partial charge is 0.410 e. The second kappa shape index (κ2) is 9.28. The summed E-state index contributed by atoms with van der Waals surface area (Å²) in [6.07, 6.45) is 1.36. The zero-order chi connectivity index (χ0) is 20.0. The molecule has 0 saturated carbocycles. The molecule has 2 aromatic rings. The molecule has 0 fully saturated rings. The number of rotatable bonds is 9. The number of carbonyl (C=O) groups excluding carboxylic acids is 1. The van der Waals surface area contributed by atoms with Crippen LogP contribution in [0.25, 0.3) is 10.9 Å². The van der Waals surface area contributed by atoms with Crippen LogP contribution in [0, 0.1) is 0 Å². The Labute approximate surface area is 162 Å². The zero-order valence-corrected chi connectivity index (χ0v) is 18.2. The van der Waals surface area contributed by atoms with Crippen LogP contribution in [0.1, 0.15) is 20.8 Å². The van der Waals surface area contributed by atoms with Gasteiger partial charge in [0.2, 0.25) is 0 Å². The van der Waals surface area contributed by atoms with Crippen molar-refractivity contribution < 1.29 is 18.7 Å². The standard InChI is InChI=1S/C20H32N2O4Si/c1-7-24-20(23)22(15(2)3)13-16(26-27(4,5)6)14-25-19-10-8-9-18-17(19)11-12-21-18/h8-12,15-16,21H,7,13-14H2,1-6H3. The molecule has 6 nitrogen and oxygen atoms in total. The Hall–Kier alpha value is -1.99. The van der Waals surface area contributed by atoms with Gasteiger partial charge in [-0.1, -0.05) is 6.07 Å². The van der Waals surface area contributed by atoms with Crippen LogP contribution in [0.15, 0.2) is 30.5 Å². The van der Waals surface area contributed by atoms with Crippen LogP contribution >= 0.6 is 0 Å². The van der Waals surface area contributed by atoms with Crippen molar-refractivity contribution in [2.24, 2.45) is 0 Å². The summed E-state index contributed by atoms with van der Waals surface area (Å²) in [5, 5.41) is 1.04. The quantitative estimate of drug-likeness (QED) is 0.632. The summed E-state index contributed by atoms with van der Waals surface area (Å²) in [6, 6.07) is 7.94. The zero-order valence-electron chi connectivity index (χ0n) is 17.2. The normalized spacial score (nSPS) is 13.0. The number of nitrogens with zero attached hydrogens (tertiary/aromatic N) is 1. The van der Waals surface area contributed by atoms with Crippen LogP contribution in [0.2, 0.25) is 19.6 Å². The van der Waals surface area contributed by atoms with Gasteiger partial charge in [-0.05, 0) is 58.6 Å². The molecular formula is C20H32N2O4Si. The summed E-state index contributed by atoms with van der Waals surface area (Å²) in [7, 11) is -1.82. The van der Waals surface area contributed by atoms with E-state index in [2.05, 4.69) is 24.6 Å². The van der Waals surface area contributed by atoms with Crippen molar-refractivity contribution in [2.45, 2.75) is 52.6 Å². The van der Waals surface area contributed by atoms with Crippen molar-refractivity contribution in [3.05, 3.63) is 30.5 Å². The van der Waals surface area contributed by atoms with Gasteiger partial charge in [0.15, 0.2) is 8.32 Å². The predicted molar refractivity (Wildman–Crippen MR) is 111 cm³/mol. The molecule has 1 aromatic carbocycles. The van der Waals surface area contributed by atoms with Crippen molar-refractivity contribution in [1.82, 2.24) is 9.88 Å². The molecule has 1 N–H and O–H groups in total. The highest BCUT2D eigenvalue weighted by Gasteiger charge is 2.28. The van der Waals surface area contributed by atoms with Gasteiger partial charge >= 0.3 is 6.09 Å². The first kappa shape index (κ1) is 21.3. The second-order valence-corrected chi connectivity index (χ2v) is 12.3. The maximum absolute atomic E-state index is 12.3. The predicted octanol–water partition coefficient (Wildman–Crippen LogP) is 4.63. The van der Waals surface area contributed by atoms with Gasteiger partial charge in [0.1, 0.15) is 12.4 Å². The Kier molecular flexibility index (Phi) is 7.32. The number of fused-ring (bicyclic) bond motifs is 1. The molecular weight excluding hydrogens is 360 g/mol. The summed E-state index contributed by atoms with van der Waals surface area (Å²) in [5.41, 5.74) is 1.03. The minimum atomic E-state index is -1.82. The van der Waals surface area contributed by atoms with E-state index in [4.69, 9.17) is 13.9 Å². The van der Waals surface area contributed by atoms with Crippen molar-refractivity contribution >= 4 is 25.3 Å². The fourth-order valence-electron chi connectivity index (χ4n) is 2.91. The van der Waals surface area contributed by atoms with E-state index in [0.29, 0.717) is 19.8 Å². The van der Waals surface area contributed by atoms with E-state index in [9.17, 15) is 4.79 Å². The van der Waals surface area contributed by atoms with E-state index >= 15 is 0 Å². The lowest BCUT2D eigenvalue weighted by Gasteiger charge is -2.33. The van der Waals surface area contributed by atoms with Crippen LogP contribution in [0.4, 0.5) is 4.79 Å². The van der Waals surface area contributed by atoms with Crippen molar-refractivity contribution in [1.29, 1.82) is 0 Å². The molecule has 7 heteroatoms. The molecule has 1 amide bonds. The van der Waals surface area contributed by atoms with Crippen molar-refractivity contribution in [3.63, 3.8) is 0 Å². The fraction of sp³-hybridized carbons (Fsp3) is 0.550. The minimum Gasteiger partial charge on any atom is -0.490 e. The highest BCUT2D eigenvalue weighted by Crippen LogP contribution is 2.25. The molecule has 2 rings (SSSR count). The number of aromatic nitrogens is 1. The van der Waals surface area contributed by atoms with Crippen LogP contribution < -0.4 is 4.74 Å². The van der Waals surface area contributed by atoms with Gasteiger partial charge in [-0.25, -0.2) is 4.79 Å². The molecule has 1 atom stereocenters. The number of hydrogen-bond donors (Lipinski definition) is 1. The van der Waals surface area contributed by atoms with Crippen LogP contribution in [-0.4, -0.2) is 56.2 Å². The van der Waals surface area contributed by atoms with E-state index in [1.54, 1.807) is 4.90 Å². The Morgan fingerprint density at radius 3 is 2.59 bits per heavy atom. The average molecular weight is 393 g/mol. The lowest BCUT2D eigenvalue weighted by Crippen LogP contribution is -2.47. The van der Waals surface area contributed by atoms with E-state index in [1.165, 1.54) is 0 Å². The van der Waals surface area contributed by atoms with Gasteiger partial charge in [0, 0.05) is 23.1 Å². The summed E-state index contributed by atoms with van der Waals surface area (Å²) in [6.45, 7) is 13.3. The van der Waals surface area contributed by atoms with Crippen LogP contribution in [-0.2, 0) is 9.16 Å². The molecule has 0 saturated heterocycles. The third-order valence-electron chi connectivity index (χ3n) is 4.03. The average Bonchev–Trinajstić information content (AvgIpc) is 3.05. The summed E-state index contributed by atoms with van der Waals surface area (Å²) >= 11 is 0. The Bertz CT molecular complexity index is 739. The molecule has 0 radical (unpaired) electrons. The number of H-pyrrole nitrogens is 1. The summed E-state index contributed by atoms with van der Waals surface area (Å²) in [4.78, 5) is 17.2. The first-order valence-corrected chi connectivity index (χ1v) is 12.9. The summed E-state index contributed by atoms with van der Waals surface area (Å²) in [5.74, 6) is 0.810. The fourth-order valence-corrected chi connectivity index (χ4v) is 4.05. The van der Waals surface area contributed by atoms with E-state index in [-0.39, 0.29) is 18.2 Å². The molecule has 1 aromatic heterocycles. The maximum Gasteiger partial charge on any atom is 0.410 e. The first-order chi connectivity index (χ1) is 12.7. The molecule has 0 aliphatic carbocycles. The number of carbonyl (C=O) groups is 1. The number of ether oxygens (including phenoxy) is 2. The van der Waals surface area contributed by atoms with E-state index in [0.717, 1.165) is 16.7 Å². The largest absolute Gasteiger partial charge is 0.490 e. The Morgan fingerprint density at radius 2 is 1.96 bits per heavy atom. The van der Waals surface area contributed by atoms with E-state index in [1.807, 2.05) is 51.2 Å². The molecule has 1 unspecified atom stereocenters. The third kappa shape index (κ3) is 6.29. The van der Waals surface area contributed by atoms with Gasteiger partial charge < -0.3 is 23.8 Å². The third-order valence-corrected chi connectivity index (χ3v) is 5.07. The van der Waals surface area contributed by atoms with Gasteiger partial charge in [0.05, 0.1) is 19.3 Å². The van der Waals surface area contributed by atoms with E-state index < -0.39 is 8.32 Å². The molecule has 0 aliphatic heterocycles. The highest BCUT2D eigenvalue weighted by atomic mass is 28.4. The number of aromatic amines is 1. The maximum atomic E-state index is 12.3. The topological polar surface area (TPSA) is 63.8 Å². The number of amides is 1. The minimum absolute atomic E-state index is 0.0184. The number of hydrogen-bond acceptors (Lipinski definition) is 4. The molecule has 0 bridgehead atoms.